The van der Waals surface area contributed by atoms with Gasteiger partial charge < -0.3 is 22.1 Å². The summed E-state index contributed by atoms with van der Waals surface area (Å²) in [6.07, 6.45) is 0.114. The Hall–Kier alpha value is -2.09. The van der Waals surface area contributed by atoms with Crippen LogP contribution in [-0.4, -0.2) is 18.5 Å². The number of urea groups is 1. The summed E-state index contributed by atoms with van der Waals surface area (Å²) < 4.78 is 0. The average molecular weight is 411 g/mol. The molecule has 2 aromatic rings. The number of rotatable bonds is 8. The molecule has 2 atom stereocenters. The Balaban J connectivity index is 0.00000364. The first-order chi connectivity index (χ1) is 12.4. The van der Waals surface area contributed by atoms with Crippen molar-refractivity contribution in [3.63, 3.8) is 0 Å². The maximum Gasteiger partial charge on any atom is 0.312 e. The molecule has 0 aliphatic rings. The summed E-state index contributed by atoms with van der Waals surface area (Å²) >= 11 is 1.46. The van der Waals surface area contributed by atoms with Crippen molar-refractivity contribution in [3.05, 3.63) is 57.8 Å². The predicted molar refractivity (Wildman–Crippen MR) is 112 cm³/mol. The van der Waals surface area contributed by atoms with Crippen LogP contribution in [0.15, 0.2) is 41.8 Å². The number of amides is 3. The highest BCUT2D eigenvalue weighted by Gasteiger charge is 2.19. The van der Waals surface area contributed by atoms with E-state index in [0.29, 0.717) is 12.5 Å². The molecule has 8 heteroatoms. The van der Waals surface area contributed by atoms with Crippen LogP contribution >= 0.6 is 23.7 Å². The van der Waals surface area contributed by atoms with E-state index in [9.17, 15) is 9.59 Å². The standard InChI is InChI=1S/C19H26N4O2S.ClH/c1-12(2)13-5-7-14(8-6-13)15(20)11-22-18(24)10-16(23-19(21)25)17-4-3-9-26-17;/h3-9,12,15-16H,10-11,20H2,1-2H3,(H,22,24)(H3,21,23,25);1H. The van der Waals surface area contributed by atoms with Crippen molar-refractivity contribution in [3.8, 4) is 0 Å². The summed E-state index contributed by atoms with van der Waals surface area (Å²) in [5.41, 5.74) is 13.6. The zero-order chi connectivity index (χ0) is 19.1. The smallest absolute Gasteiger partial charge is 0.312 e. The van der Waals surface area contributed by atoms with Crippen molar-refractivity contribution in [1.29, 1.82) is 0 Å². The van der Waals surface area contributed by atoms with Crippen LogP contribution < -0.4 is 22.1 Å². The number of hydrogen-bond acceptors (Lipinski definition) is 4. The van der Waals surface area contributed by atoms with E-state index in [0.717, 1.165) is 10.4 Å². The first-order valence-corrected chi connectivity index (χ1v) is 9.46. The number of halogens is 1. The van der Waals surface area contributed by atoms with Gasteiger partial charge in [-0.2, -0.15) is 0 Å². The minimum absolute atomic E-state index is 0. The second-order valence-corrected chi connectivity index (χ2v) is 7.49. The van der Waals surface area contributed by atoms with E-state index >= 15 is 0 Å². The highest BCUT2D eigenvalue weighted by molar-refractivity contribution is 7.10. The van der Waals surface area contributed by atoms with Crippen molar-refractivity contribution < 1.29 is 9.59 Å². The molecule has 6 nitrogen and oxygen atoms in total. The monoisotopic (exact) mass is 410 g/mol. The minimum Gasteiger partial charge on any atom is -0.354 e. The third-order valence-electron chi connectivity index (χ3n) is 4.14. The molecule has 27 heavy (non-hydrogen) atoms. The van der Waals surface area contributed by atoms with E-state index < -0.39 is 12.1 Å². The Kier molecular flexibility index (Phi) is 9.28. The molecule has 0 saturated carbocycles. The number of thiophene rings is 1. The van der Waals surface area contributed by atoms with Crippen LogP contribution in [0.5, 0.6) is 0 Å². The van der Waals surface area contributed by atoms with Crippen molar-refractivity contribution in [2.45, 2.75) is 38.3 Å². The molecule has 3 amide bonds. The number of hydrogen-bond donors (Lipinski definition) is 4. The summed E-state index contributed by atoms with van der Waals surface area (Å²) in [7, 11) is 0. The summed E-state index contributed by atoms with van der Waals surface area (Å²) in [5, 5.41) is 7.33. The molecule has 0 fully saturated rings. The lowest BCUT2D eigenvalue weighted by molar-refractivity contribution is -0.121. The van der Waals surface area contributed by atoms with Gasteiger partial charge in [-0.3, -0.25) is 4.79 Å². The van der Waals surface area contributed by atoms with Gasteiger partial charge in [0.1, 0.15) is 0 Å². The summed E-state index contributed by atoms with van der Waals surface area (Å²) in [6, 6.07) is 10.5. The van der Waals surface area contributed by atoms with Gasteiger partial charge in [0.15, 0.2) is 0 Å². The van der Waals surface area contributed by atoms with Crippen molar-refractivity contribution in [1.82, 2.24) is 10.6 Å². The molecule has 2 rings (SSSR count). The van der Waals surface area contributed by atoms with E-state index in [-0.39, 0.29) is 30.8 Å². The normalized spacial score (nSPS) is 12.7. The lowest BCUT2D eigenvalue weighted by Gasteiger charge is -2.18. The van der Waals surface area contributed by atoms with Gasteiger partial charge in [0.2, 0.25) is 5.91 Å². The van der Waals surface area contributed by atoms with Gasteiger partial charge in [-0.25, -0.2) is 4.79 Å². The Labute approximate surface area is 170 Å². The van der Waals surface area contributed by atoms with Crippen LogP contribution in [0.2, 0.25) is 0 Å². The molecule has 0 bridgehead atoms. The Morgan fingerprint density at radius 1 is 1.11 bits per heavy atom. The van der Waals surface area contributed by atoms with E-state index in [1.165, 1.54) is 16.9 Å². The number of primary amides is 1. The molecule has 0 saturated heterocycles. The lowest BCUT2D eigenvalue weighted by atomic mass is 9.99. The molecular formula is C19H27ClN4O2S. The van der Waals surface area contributed by atoms with Gasteiger partial charge in [0.05, 0.1) is 12.5 Å². The number of benzene rings is 1. The second-order valence-electron chi connectivity index (χ2n) is 6.51. The first-order valence-electron chi connectivity index (χ1n) is 8.58. The molecule has 148 valence electrons. The number of carbonyl (C=O) groups is 2. The molecular weight excluding hydrogens is 384 g/mol. The van der Waals surface area contributed by atoms with Crippen LogP contribution in [0.4, 0.5) is 4.79 Å². The van der Waals surface area contributed by atoms with Gasteiger partial charge in [0, 0.05) is 17.5 Å². The molecule has 2 unspecified atom stereocenters. The number of carbonyl (C=O) groups excluding carboxylic acids is 2. The fourth-order valence-corrected chi connectivity index (χ4v) is 3.39. The predicted octanol–water partition coefficient (Wildman–Crippen LogP) is 3.21. The number of nitrogens with one attached hydrogen (secondary N) is 2. The second kappa shape index (κ2) is 10.9. The molecule has 0 aliphatic carbocycles. The van der Waals surface area contributed by atoms with Crippen LogP contribution in [0.25, 0.3) is 0 Å². The summed E-state index contributed by atoms with van der Waals surface area (Å²) in [6.45, 7) is 4.60. The van der Waals surface area contributed by atoms with Crippen LogP contribution in [0.3, 0.4) is 0 Å². The molecule has 0 aliphatic heterocycles. The molecule has 1 aromatic carbocycles. The molecule has 6 N–H and O–H groups in total. The highest BCUT2D eigenvalue weighted by atomic mass is 35.5. The van der Waals surface area contributed by atoms with Crippen LogP contribution in [0.1, 0.15) is 54.3 Å². The van der Waals surface area contributed by atoms with Gasteiger partial charge in [-0.05, 0) is 28.5 Å². The quantitative estimate of drug-likeness (QED) is 0.536. The Morgan fingerprint density at radius 2 is 1.74 bits per heavy atom. The van der Waals surface area contributed by atoms with Crippen molar-refractivity contribution >= 4 is 35.7 Å². The topological polar surface area (TPSA) is 110 Å². The van der Waals surface area contributed by atoms with Crippen LogP contribution in [-0.2, 0) is 4.79 Å². The largest absolute Gasteiger partial charge is 0.354 e. The Bertz CT molecular complexity index is 720. The van der Waals surface area contributed by atoms with Crippen LogP contribution in [0, 0.1) is 0 Å². The van der Waals surface area contributed by atoms with Gasteiger partial charge in [-0.15, -0.1) is 23.7 Å². The van der Waals surface area contributed by atoms with Gasteiger partial charge in [-0.1, -0.05) is 44.2 Å². The number of nitrogens with two attached hydrogens (primary N) is 2. The minimum atomic E-state index is -0.654. The van der Waals surface area contributed by atoms with E-state index in [1.54, 1.807) is 0 Å². The van der Waals surface area contributed by atoms with E-state index in [2.05, 4.69) is 36.6 Å². The average Bonchev–Trinajstić information content (AvgIpc) is 3.13. The summed E-state index contributed by atoms with van der Waals surface area (Å²) in [4.78, 5) is 24.3. The van der Waals surface area contributed by atoms with E-state index in [1.807, 2.05) is 29.6 Å². The van der Waals surface area contributed by atoms with Gasteiger partial charge in [0.25, 0.3) is 0 Å². The Morgan fingerprint density at radius 3 is 2.26 bits per heavy atom. The SMILES string of the molecule is CC(C)c1ccc(C(N)CNC(=O)CC(NC(N)=O)c2cccs2)cc1.Cl. The summed E-state index contributed by atoms with van der Waals surface area (Å²) in [5.74, 6) is 0.276. The third-order valence-corrected chi connectivity index (χ3v) is 5.13. The van der Waals surface area contributed by atoms with Crippen molar-refractivity contribution in [2.24, 2.45) is 11.5 Å². The maximum absolute atomic E-state index is 12.3. The maximum atomic E-state index is 12.3. The first kappa shape index (κ1) is 23.0. The molecule has 1 heterocycles. The molecule has 0 spiro atoms. The highest BCUT2D eigenvalue weighted by Crippen LogP contribution is 2.22. The fourth-order valence-electron chi connectivity index (χ4n) is 2.61. The zero-order valence-corrected chi connectivity index (χ0v) is 17.1. The third kappa shape index (κ3) is 7.21. The van der Waals surface area contributed by atoms with E-state index in [4.69, 9.17) is 11.5 Å². The van der Waals surface area contributed by atoms with Gasteiger partial charge >= 0.3 is 6.03 Å². The lowest BCUT2D eigenvalue weighted by Crippen LogP contribution is -2.38. The van der Waals surface area contributed by atoms with Crippen molar-refractivity contribution in [2.75, 3.05) is 6.54 Å². The molecule has 0 radical (unpaired) electrons. The fraction of sp³-hybridized carbons (Fsp3) is 0.368. The molecule has 1 aromatic heterocycles. The zero-order valence-electron chi connectivity index (χ0n) is 15.5.